The molecule has 0 saturated carbocycles. The molecule has 2 aromatic heterocycles. The Kier molecular flexibility index (Phi) is 5.35. The summed E-state index contributed by atoms with van der Waals surface area (Å²) in [4.78, 5) is 17.4. The lowest BCUT2D eigenvalue weighted by Gasteiger charge is -2.20. The van der Waals surface area contributed by atoms with Gasteiger partial charge in [-0.2, -0.15) is 0 Å². The summed E-state index contributed by atoms with van der Waals surface area (Å²) in [5, 5.41) is 4.83. The van der Waals surface area contributed by atoms with E-state index in [4.69, 9.17) is 16.0 Å². The number of anilines is 1. The topological polar surface area (TPSA) is 55.1 Å². The molecule has 152 valence electrons. The molecule has 0 fully saturated rings. The molecule has 2 aromatic carbocycles. The van der Waals surface area contributed by atoms with Crippen molar-refractivity contribution in [2.75, 3.05) is 5.32 Å². The fourth-order valence-corrected chi connectivity index (χ4v) is 3.99. The van der Waals surface area contributed by atoms with Crippen LogP contribution in [0.3, 0.4) is 0 Å². The van der Waals surface area contributed by atoms with E-state index in [0.717, 1.165) is 27.9 Å². The molecule has 0 bridgehead atoms. The molecule has 0 aliphatic carbocycles. The van der Waals surface area contributed by atoms with E-state index in [0.29, 0.717) is 27.3 Å². The second-order valence-corrected chi connectivity index (χ2v) is 8.12. The lowest BCUT2D eigenvalue weighted by atomic mass is 9.99. The summed E-state index contributed by atoms with van der Waals surface area (Å²) in [6.07, 6.45) is 3.41. The summed E-state index contributed by atoms with van der Waals surface area (Å²) >= 11 is 6.09. The summed E-state index contributed by atoms with van der Waals surface area (Å²) in [5.74, 6) is 0.556. The first kappa shape index (κ1) is 20.2. The van der Waals surface area contributed by atoms with E-state index in [-0.39, 0.29) is 11.5 Å². The van der Waals surface area contributed by atoms with Crippen LogP contribution in [0.15, 0.2) is 64.1 Å². The predicted molar refractivity (Wildman–Crippen MR) is 123 cm³/mol. The lowest BCUT2D eigenvalue weighted by molar-refractivity contribution is 0.605. The van der Waals surface area contributed by atoms with Gasteiger partial charge >= 0.3 is 0 Å². The van der Waals surface area contributed by atoms with Crippen LogP contribution in [-0.2, 0) is 0 Å². The maximum atomic E-state index is 13.2. The Morgan fingerprint density at radius 1 is 1.10 bits per heavy atom. The van der Waals surface area contributed by atoms with E-state index in [2.05, 4.69) is 23.3 Å². The maximum Gasteiger partial charge on any atom is 0.196 e. The summed E-state index contributed by atoms with van der Waals surface area (Å²) in [6, 6.07) is 13.4. The first-order valence-electron chi connectivity index (χ1n) is 9.86. The van der Waals surface area contributed by atoms with Crippen molar-refractivity contribution in [1.29, 1.82) is 0 Å². The fraction of sp³-hybridized carbons (Fsp3) is 0.200. The molecule has 2 heterocycles. The Morgan fingerprint density at radius 3 is 2.60 bits per heavy atom. The molecule has 4 aromatic rings. The number of halogens is 1. The van der Waals surface area contributed by atoms with Crippen LogP contribution in [0.4, 0.5) is 5.69 Å². The van der Waals surface area contributed by atoms with E-state index < -0.39 is 0 Å². The van der Waals surface area contributed by atoms with E-state index in [9.17, 15) is 4.79 Å². The Labute approximate surface area is 180 Å². The number of aryl methyl sites for hydroxylation is 2. The van der Waals surface area contributed by atoms with Crippen LogP contribution in [0, 0.1) is 20.8 Å². The average Bonchev–Trinajstić information content (AvgIpc) is 2.73. The third kappa shape index (κ3) is 3.71. The maximum absolute atomic E-state index is 13.2. The van der Waals surface area contributed by atoms with Crippen LogP contribution in [-0.4, -0.2) is 4.98 Å². The zero-order valence-electron chi connectivity index (χ0n) is 17.4. The van der Waals surface area contributed by atoms with Gasteiger partial charge in [0.2, 0.25) is 0 Å². The molecule has 0 amide bonds. The Balaban J connectivity index is 1.89. The smallest absolute Gasteiger partial charge is 0.196 e. The zero-order valence-corrected chi connectivity index (χ0v) is 18.2. The number of benzene rings is 2. The number of hydrogen-bond acceptors (Lipinski definition) is 4. The first-order chi connectivity index (χ1) is 14.3. The standard InChI is InChI=1S/C25H23ClN2O2/c1-14-10-20(17(4)28-22-8-7-19(26)12-15(22)2)25-21(11-14)23(29)16(3)24(30-25)18-6-5-9-27-13-18/h5-13,17,28H,1-4H3/t17-/m1/s1. The molecule has 5 heteroatoms. The number of rotatable bonds is 4. The minimum atomic E-state index is -0.0834. The van der Waals surface area contributed by atoms with Gasteiger partial charge in [-0.25, -0.2) is 0 Å². The summed E-state index contributed by atoms with van der Waals surface area (Å²) in [5.41, 5.74) is 5.94. The number of aromatic nitrogens is 1. The Bertz CT molecular complexity index is 1300. The monoisotopic (exact) mass is 418 g/mol. The van der Waals surface area contributed by atoms with Gasteiger partial charge in [0.05, 0.1) is 11.4 Å². The van der Waals surface area contributed by atoms with Crippen LogP contribution in [0.5, 0.6) is 0 Å². The molecule has 0 saturated heterocycles. The van der Waals surface area contributed by atoms with Gasteiger partial charge in [0.25, 0.3) is 0 Å². The van der Waals surface area contributed by atoms with Crippen molar-refractivity contribution in [1.82, 2.24) is 4.98 Å². The van der Waals surface area contributed by atoms with Crippen LogP contribution in [0.1, 0.15) is 35.2 Å². The van der Waals surface area contributed by atoms with Gasteiger partial charge in [-0.15, -0.1) is 0 Å². The summed E-state index contributed by atoms with van der Waals surface area (Å²) in [7, 11) is 0. The van der Waals surface area contributed by atoms with Gasteiger partial charge in [-0.05, 0) is 75.2 Å². The normalized spacial score (nSPS) is 12.2. The highest BCUT2D eigenvalue weighted by molar-refractivity contribution is 6.30. The van der Waals surface area contributed by atoms with Crippen LogP contribution in [0.25, 0.3) is 22.3 Å². The van der Waals surface area contributed by atoms with Crippen molar-refractivity contribution >= 4 is 28.3 Å². The summed E-state index contributed by atoms with van der Waals surface area (Å²) in [6.45, 7) is 7.87. The van der Waals surface area contributed by atoms with Gasteiger partial charge in [0, 0.05) is 39.8 Å². The van der Waals surface area contributed by atoms with Crippen molar-refractivity contribution in [2.24, 2.45) is 0 Å². The third-order valence-corrected chi connectivity index (χ3v) is 5.58. The van der Waals surface area contributed by atoms with Crippen molar-refractivity contribution in [3.63, 3.8) is 0 Å². The van der Waals surface area contributed by atoms with Crippen molar-refractivity contribution in [3.8, 4) is 11.3 Å². The van der Waals surface area contributed by atoms with Crippen LogP contribution in [0.2, 0.25) is 5.02 Å². The second-order valence-electron chi connectivity index (χ2n) is 7.68. The second kappa shape index (κ2) is 7.96. The van der Waals surface area contributed by atoms with Gasteiger partial charge in [-0.3, -0.25) is 9.78 Å². The number of nitrogens with one attached hydrogen (secondary N) is 1. The van der Waals surface area contributed by atoms with E-state index in [1.807, 2.05) is 50.2 Å². The van der Waals surface area contributed by atoms with Gasteiger partial charge < -0.3 is 9.73 Å². The minimum Gasteiger partial charge on any atom is -0.455 e. The quantitative estimate of drug-likeness (QED) is 0.405. The highest BCUT2D eigenvalue weighted by Gasteiger charge is 2.19. The third-order valence-electron chi connectivity index (χ3n) is 5.34. The SMILES string of the molecule is Cc1cc([C@@H](C)Nc2ccc(Cl)cc2C)c2oc(-c3cccnc3)c(C)c(=O)c2c1. The zero-order chi connectivity index (χ0) is 21.4. The molecule has 1 N–H and O–H groups in total. The number of nitrogens with zero attached hydrogens (tertiary/aromatic N) is 1. The molecule has 0 unspecified atom stereocenters. The van der Waals surface area contributed by atoms with Crippen LogP contribution < -0.4 is 10.7 Å². The van der Waals surface area contributed by atoms with Crippen molar-refractivity contribution in [3.05, 3.63) is 92.4 Å². The van der Waals surface area contributed by atoms with Crippen LogP contribution >= 0.6 is 11.6 Å². The molecule has 4 nitrogen and oxygen atoms in total. The van der Waals surface area contributed by atoms with Crippen molar-refractivity contribution in [2.45, 2.75) is 33.7 Å². The minimum absolute atomic E-state index is 0.0186. The number of pyridine rings is 1. The molecular formula is C25H23ClN2O2. The van der Waals surface area contributed by atoms with E-state index in [1.165, 1.54) is 0 Å². The van der Waals surface area contributed by atoms with E-state index >= 15 is 0 Å². The fourth-order valence-electron chi connectivity index (χ4n) is 3.76. The molecular weight excluding hydrogens is 396 g/mol. The molecule has 4 rings (SSSR count). The van der Waals surface area contributed by atoms with Gasteiger partial charge in [0.15, 0.2) is 5.43 Å². The van der Waals surface area contributed by atoms with Gasteiger partial charge in [-0.1, -0.05) is 17.7 Å². The Morgan fingerprint density at radius 2 is 1.90 bits per heavy atom. The number of fused-ring (bicyclic) bond motifs is 1. The molecule has 1 atom stereocenters. The lowest BCUT2D eigenvalue weighted by Crippen LogP contribution is -2.13. The molecule has 0 radical (unpaired) electrons. The average molecular weight is 419 g/mol. The molecule has 0 aliphatic heterocycles. The molecule has 0 aliphatic rings. The highest BCUT2D eigenvalue weighted by atomic mass is 35.5. The predicted octanol–water partition coefficient (Wildman–Crippen LogP) is 6.61. The highest BCUT2D eigenvalue weighted by Crippen LogP contribution is 2.32. The summed E-state index contributed by atoms with van der Waals surface area (Å²) < 4.78 is 6.35. The molecule has 0 spiro atoms. The van der Waals surface area contributed by atoms with E-state index in [1.54, 1.807) is 19.3 Å². The molecule has 30 heavy (non-hydrogen) atoms. The van der Waals surface area contributed by atoms with Crippen molar-refractivity contribution < 1.29 is 4.42 Å². The van der Waals surface area contributed by atoms with Gasteiger partial charge in [0.1, 0.15) is 11.3 Å². The first-order valence-corrected chi connectivity index (χ1v) is 10.2. The number of hydrogen-bond donors (Lipinski definition) is 1. The largest absolute Gasteiger partial charge is 0.455 e. The Hall–Kier alpha value is -3.11.